The Morgan fingerprint density at radius 3 is 1.74 bits per heavy atom. The van der Waals surface area contributed by atoms with E-state index in [-0.39, 0.29) is 6.04 Å². The monoisotopic (exact) mass is 382 g/mol. The molecule has 0 amide bonds. The summed E-state index contributed by atoms with van der Waals surface area (Å²) in [6, 6.07) is 16.9. The van der Waals surface area contributed by atoms with E-state index < -0.39 is 0 Å². The van der Waals surface area contributed by atoms with E-state index >= 15 is 0 Å². The molecule has 2 aromatic carbocycles. The summed E-state index contributed by atoms with van der Waals surface area (Å²) in [5, 5.41) is 0. The Morgan fingerprint density at radius 1 is 0.895 bits per heavy atom. The zero-order valence-electron chi connectivity index (χ0n) is 10.4. The van der Waals surface area contributed by atoms with E-state index in [4.69, 9.17) is 5.84 Å². The molecular weight excluding hydrogens is 368 g/mol. The third kappa shape index (κ3) is 4.73. The summed E-state index contributed by atoms with van der Waals surface area (Å²) in [7, 11) is 0. The molecule has 0 aliphatic heterocycles. The minimum Gasteiger partial charge on any atom is -0.271 e. The lowest BCUT2D eigenvalue weighted by Crippen LogP contribution is -2.38. The molecule has 2 aromatic rings. The number of hydrogen-bond donors (Lipinski definition) is 2. The van der Waals surface area contributed by atoms with Gasteiger partial charge in [-0.1, -0.05) is 56.1 Å². The van der Waals surface area contributed by atoms with Crippen molar-refractivity contribution in [3.05, 3.63) is 68.6 Å². The van der Waals surface area contributed by atoms with Crippen molar-refractivity contribution in [2.24, 2.45) is 5.84 Å². The minimum absolute atomic E-state index is 0.226. The Labute approximate surface area is 130 Å². The van der Waals surface area contributed by atoms with Crippen molar-refractivity contribution < 1.29 is 0 Å². The van der Waals surface area contributed by atoms with Gasteiger partial charge in [0.15, 0.2) is 0 Å². The maximum Gasteiger partial charge on any atom is 0.0291 e. The first kappa shape index (κ1) is 14.7. The van der Waals surface area contributed by atoms with Gasteiger partial charge in [-0.2, -0.15) is 0 Å². The summed E-state index contributed by atoms with van der Waals surface area (Å²) in [6.07, 6.45) is 1.81. The van der Waals surface area contributed by atoms with Crippen LogP contribution in [0.25, 0.3) is 0 Å². The highest BCUT2D eigenvalue weighted by Gasteiger charge is 2.09. The highest BCUT2D eigenvalue weighted by Crippen LogP contribution is 2.16. The van der Waals surface area contributed by atoms with Crippen LogP contribution in [0.15, 0.2) is 57.5 Å². The Balaban J connectivity index is 2.04. The van der Waals surface area contributed by atoms with Crippen LogP contribution in [0.1, 0.15) is 11.1 Å². The number of halogens is 2. The molecule has 0 saturated carbocycles. The molecule has 0 spiro atoms. The zero-order chi connectivity index (χ0) is 13.7. The number of benzene rings is 2. The second-order valence-electron chi connectivity index (χ2n) is 4.53. The number of rotatable bonds is 5. The average Bonchev–Trinajstić information content (AvgIpc) is 2.38. The third-order valence-corrected chi connectivity index (χ3v) is 3.96. The van der Waals surface area contributed by atoms with Gasteiger partial charge in [0.2, 0.25) is 0 Å². The van der Waals surface area contributed by atoms with Crippen LogP contribution in [-0.2, 0) is 12.8 Å². The molecule has 2 rings (SSSR count). The predicted molar refractivity (Wildman–Crippen MR) is 86.8 cm³/mol. The first-order valence-electron chi connectivity index (χ1n) is 6.12. The van der Waals surface area contributed by atoms with Crippen LogP contribution in [-0.4, -0.2) is 6.04 Å². The molecule has 4 heteroatoms. The maximum atomic E-state index is 5.67. The van der Waals surface area contributed by atoms with Crippen molar-refractivity contribution in [2.45, 2.75) is 18.9 Å². The molecule has 2 nitrogen and oxygen atoms in total. The molecule has 0 radical (unpaired) electrons. The maximum absolute atomic E-state index is 5.67. The molecule has 0 heterocycles. The van der Waals surface area contributed by atoms with Crippen LogP contribution < -0.4 is 11.3 Å². The van der Waals surface area contributed by atoms with Gasteiger partial charge >= 0.3 is 0 Å². The summed E-state index contributed by atoms with van der Waals surface area (Å²) in [6.45, 7) is 0. The van der Waals surface area contributed by atoms with Gasteiger partial charge in [0, 0.05) is 15.0 Å². The largest absolute Gasteiger partial charge is 0.271 e. The minimum atomic E-state index is 0.226. The Morgan fingerprint density at radius 2 is 1.37 bits per heavy atom. The molecule has 0 aromatic heterocycles. The normalized spacial score (nSPS) is 10.9. The lowest BCUT2D eigenvalue weighted by molar-refractivity contribution is 0.522. The van der Waals surface area contributed by atoms with Crippen LogP contribution in [0.4, 0.5) is 0 Å². The van der Waals surface area contributed by atoms with Gasteiger partial charge in [0.05, 0.1) is 0 Å². The number of hydrazine groups is 1. The van der Waals surface area contributed by atoms with Gasteiger partial charge in [-0.3, -0.25) is 11.3 Å². The molecule has 100 valence electrons. The van der Waals surface area contributed by atoms with Crippen LogP contribution >= 0.6 is 31.9 Å². The first-order valence-corrected chi connectivity index (χ1v) is 7.71. The second-order valence-corrected chi connectivity index (χ2v) is 6.36. The molecule has 0 fully saturated rings. The Hall–Kier alpha value is -0.680. The van der Waals surface area contributed by atoms with Gasteiger partial charge in [-0.05, 0) is 48.2 Å². The van der Waals surface area contributed by atoms with Gasteiger partial charge < -0.3 is 0 Å². The summed E-state index contributed by atoms with van der Waals surface area (Å²) in [4.78, 5) is 0. The summed E-state index contributed by atoms with van der Waals surface area (Å²) < 4.78 is 2.20. The SMILES string of the molecule is NNC(Cc1cccc(Br)c1)Cc1cccc(Br)c1. The third-order valence-electron chi connectivity index (χ3n) is 2.98. The van der Waals surface area contributed by atoms with Crippen LogP contribution in [0.5, 0.6) is 0 Å². The van der Waals surface area contributed by atoms with Crippen molar-refractivity contribution in [1.29, 1.82) is 0 Å². The number of nitrogens with two attached hydrogens (primary N) is 1. The van der Waals surface area contributed by atoms with Crippen LogP contribution in [0.3, 0.4) is 0 Å². The zero-order valence-corrected chi connectivity index (χ0v) is 13.6. The second kappa shape index (κ2) is 7.20. The fourth-order valence-corrected chi connectivity index (χ4v) is 2.98. The smallest absolute Gasteiger partial charge is 0.0291 e. The van der Waals surface area contributed by atoms with E-state index in [0.29, 0.717) is 0 Å². The van der Waals surface area contributed by atoms with E-state index in [2.05, 4.69) is 61.6 Å². The van der Waals surface area contributed by atoms with Crippen molar-refractivity contribution >= 4 is 31.9 Å². The van der Waals surface area contributed by atoms with Crippen molar-refractivity contribution in [3.63, 3.8) is 0 Å². The van der Waals surface area contributed by atoms with Gasteiger partial charge in [0.1, 0.15) is 0 Å². The summed E-state index contributed by atoms with van der Waals surface area (Å²) >= 11 is 6.98. The number of nitrogens with one attached hydrogen (secondary N) is 1. The predicted octanol–water partition coefficient (Wildman–Crippen LogP) is 3.83. The first-order chi connectivity index (χ1) is 9.17. The standard InChI is InChI=1S/C15H16Br2N2/c16-13-5-1-3-11(7-13)9-15(19-18)10-12-4-2-6-14(17)8-12/h1-8,15,19H,9-10,18H2. The van der Waals surface area contributed by atoms with Gasteiger partial charge in [0.25, 0.3) is 0 Å². The number of hydrogen-bond acceptors (Lipinski definition) is 2. The molecule has 0 aliphatic rings. The van der Waals surface area contributed by atoms with Gasteiger partial charge in [-0.15, -0.1) is 0 Å². The lowest BCUT2D eigenvalue weighted by Gasteiger charge is -2.16. The quantitative estimate of drug-likeness (QED) is 0.608. The fraction of sp³-hybridized carbons (Fsp3) is 0.200. The molecule has 3 N–H and O–H groups in total. The molecule has 0 atom stereocenters. The van der Waals surface area contributed by atoms with E-state index in [0.717, 1.165) is 21.8 Å². The summed E-state index contributed by atoms with van der Waals surface area (Å²) in [5.41, 5.74) is 5.45. The molecule has 0 unspecified atom stereocenters. The highest BCUT2D eigenvalue weighted by molar-refractivity contribution is 9.10. The molecule has 0 aliphatic carbocycles. The Kier molecular flexibility index (Phi) is 5.58. The summed E-state index contributed by atoms with van der Waals surface area (Å²) in [5.74, 6) is 5.67. The Bertz CT molecular complexity index is 496. The molecular formula is C15H16Br2N2. The van der Waals surface area contributed by atoms with Crippen LogP contribution in [0.2, 0.25) is 0 Å². The van der Waals surface area contributed by atoms with Crippen molar-refractivity contribution in [3.8, 4) is 0 Å². The van der Waals surface area contributed by atoms with Crippen molar-refractivity contribution in [2.75, 3.05) is 0 Å². The average molecular weight is 384 g/mol. The topological polar surface area (TPSA) is 38.0 Å². The lowest BCUT2D eigenvalue weighted by atomic mass is 9.99. The van der Waals surface area contributed by atoms with Crippen molar-refractivity contribution in [1.82, 2.24) is 5.43 Å². The highest BCUT2D eigenvalue weighted by atomic mass is 79.9. The van der Waals surface area contributed by atoms with E-state index in [9.17, 15) is 0 Å². The fourth-order valence-electron chi connectivity index (χ4n) is 2.09. The van der Waals surface area contributed by atoms with Gasteiger partial charge in [-0.25, -0.2) is 0 Å². The molecule has 0 bridgehead atoms. The van der Waals surface area contributed by atoms with E-state index in [1.54, 1.807) is 0 Å². The molecule has 0 saturated heterocycles. The van der Waals surface area contributed by atoms with E-state index in [1.807, 2.05) is 24.3 Å². The molecule has 19 heavy (non-hydrogen) atoms. The van der Waals surface area contributed by atoms with Crippen LogP contribution in [0, 0.1) is 0 Å². The van der Waals surface area contributed by atoms with E-state index in [1.165, 1.54) is 11.1 Å².